The minimum Gasteiger partial charge on any atom is -0.453 e. The first kappa shape index (κ1) is 70.2. The van der Waals surface area contributed by atoms with E-state index in [0.29, 0.717) is 0 Å². The molecule has 4 heterocycles. The van der Waals surface area contributed by atoms with Crippen LogP contribution in [0.25, 0.3) is 99.5 Å². The molecule has 4 aliphatic rings. The summed E-state index contributed by atoms with van der Waals surface area (Å²) >= 11 is 0. The number of rotatable bonds is 11. The average Bonchev–Trinajstić information content (AvgIpc) is 1.50. The molecule has 122 heavy (non-hydrogen) atoms. The van der Waals surface area contributed by atoms with Crippen LogP contribution in [0.5, 0.6) is 0 Å². The number of fused-ring (bicyclic) bond motifs is 24. The molecule has 21 aromatic rings. The first-order valence-corrected chi connectivity index (χ1v) is 42.0. The van der Waals surface area contributed by atoms with Crippen LogP contribution in [-0.4, -0.2) is 0 Å². The molecule has 6 heteroatoms. The fraction of sp³-hybridized carbons (Fsp3) is 0.0172. The van der Waals surface area contributed by atoms with Crippen LogP contribution in [0, 0.1) is 0 Å². The van der Waals surface area contributed by atoms with Gasteiger partial charge in [0.25, 0.3) is 0 Å². The maximum Gasteiger partial charge on any atom is 0.159 e. The normalized spacial score (nSPS) is 13.2. The lowest BCUT2D eigenvalue weighted by Crippen LogP contribution is -2.36. The van der Waals surface area contributed by atoms with Crippen molar-refractivity contribution in [3.8, 4) is 55.6 Å². The number of anilines is 12. The third kappa shape index (κ3) is 10.6. The molecule has 0 bridgehead atoms. The van der Waals surface area contributed by atoms with Gasteiger partial charge in [-0.15, -0.1) is 0 Å². The largest absolute Gasteiger partial charge is 0.453 e. The van der Waals surface area contributed by atoms with Crippen LogP contribution in [0.3, 0.4) is 0 Å². The minimum absolute atomic E-state index is 0.540. The predicted molar refractivity (Wildman–Crippen MR) is 504 cm³/mol. The molecule has 0 saturated carbocycles. The summed E-state index contributed by atoms with van der Waals surface area (Å²) in [5.74, 6) is 0. The van der Waals surface area contributed by atoms with Crippen molar-refractivity contribution in [2.24, 2.45) is 0 Å². The highest BCUT2D eigenvalue weighted by atomic mass is 16.3. The molecule has 0 N–H and O–H groups in total. The third-order valence-electron chi connectivity index (χ3n) is 25.7. The SMILES string of the molecule is c1ccc(-c2ccc(N(c3ccccc3)c3cccc4c3oc3c(-c5ccc6c(c5)C5(c7ccccc7-6)c6ccccc6N(c6ccccc6)c6ccccc65)cccc34)cc2)cc1.c1ccc(N2c3ccccc3C3(c4ccccc4-c4ccc(-c5cccc6c5oc5c(N(c7ccccc7)c7ccccc7)cccc56)cc43)c3ccccc32)cc1. The van der Waals surface area contributed by atoms with Gasteiger partial charge in [0.2, 0.25) is 0 Å². The smallest absolute Gasteiger partial charge is 0.159 e. The van der Waals surface area contributed by atoms with Crippen molar-refractivity contribution in [2.75, 3.05) is 19.6 Å². The highest BCUT2D eigenvalue weighted by molar-refractivity contribution is 6.16. The summed E-state index contributed by atoms with van der Waals surface area (Å²) in [6.07, 6.45) is 0. The van der Waals surface area contributed by atoms with Gasteiger partial charge in [0.15, 0.2) is 11.2 Å². The number of nitrogens with zero attached hydrogens (tertiary/aromatic N) is 4. The van der Waals surface area contributed by atoms with Crippen LogP contribution in [0.2, 0.25) is 0 Å². The van der Waals surface area contributed by atoms with Gasteiger partial charge < -0.3 is 28.4 Å². The van der Waals surface area contributed by atoms with Gasteiger partial charge in [-0.25, -0.2) is 0 Å². The van der Waals surface area contributed by atoms with Gasteiger partial charge in [-0.1, -0.05) is 340 Å². The van der Waals surface area contributed by atoms with Crippen LogP contribution < -0.4 is 19.6 Å². The molecule has 2 aliphatic carbocycles. The van der Waals surface area contributed by atoms with Gasteiger partial charge in [-0.3, -0.25) is 0 Å². The maximum absolute atomic E-state index is 7.23. The summed E-state index contributed by atoms with van der Waals surface area (Å²) in [4.78, 5) is 9.47. The first-order chi connectivity index (χ1) is 60.6. The molecule has 25 rings (SSSR count). The Morgan fingerprint density at radius 1 is 0.180 bits per heavy atom. The average molecular weight is 1560 g/mol. The fourth-order valence-corrected chi connectivity index (χ4v) is 20.7. The van der Waals surface area contributed by atoms with Crippen molar-refractivity contribution in [3.05, 3.63) is 506 Å². The molecule has 0 radical (unpaired) electrons. The molecule has 6 nitrogen and oxygen atoms in total. The lowest BCUT2D eigenvalue weighted by atomic mass is 9.64. The molecule has 19 aromatic carbocycles. The summed E-state index contributed by atoms with van der Waals surface area (Å²) in [6, 6.07) is 167. The first-order valence-electron chi connectivity index (χ1n) is 42.0. The van der Waals surface area contributed by atoms with Crippen LogP contribution >= 0.6 is 0 Å². The van der Waals surface area contributed by atoms with Gasteiger partial charge >= 0.3 is 0 Å². The minimum atomic E-state index is -0.554. The van der Waals surface area contributed by atoms with Gasteiger partial charge in [-0.2, -0.15) is 0 Å². The Hall–Kier alpha value is -16.0. The van der Waals surface area contributed by atoms with Crippen molar-refractivity contribution in [3.63, 3.8) is 0 Å². The van der Waals surface area contributed by atoms with Crippen molar-refractivity contribution < 1.29 is 8.83 Å². The van der Waals surface area contributed by atoms with Crippen LogP contribution in [0.4, 0.5) is 68.2 Å². The zero-order chi connectivity index (χ0) is 80.4. The maximum atomic E-state index is 7.23. The Kier molecular flexibility index (Phi) is 16.3. The van der Waals surface area contributed by atoms with Crippen molar-refractivity contribution in [1.82, 2.24) is 0 Å². The number of hydrogen-bond donors (Lipinski definition) is 0. The molecule has 0 unspecified atom stereocenters. The molecule has 0 atom stereocenters. The molecule has 2 aliphatic heterocycles. The third-order valence-corrected chi connectivity index (χ3v) is 25.7. The molecular formula is C116H76N4O2. The van der Waals surface area contributed by atoms with E-state index in [1.54, 1.807) is 0 Å². The quantitative estimate of drug-likeness (QED) is 0.129. The van der Waals surface area contributed by atoms with Gasteiger partial charge in [0.1, 0.15) is 11.2 Å². The van der Waals surface area contributed by atoms with E-state index < -0.39 is 10.8 Å². The standard InChI is InChI=1S/C61H40N2O.C55H36N2O/c1-4-18-41(19-5-1)42-34-37-46(38-35-42)62(44-20-6-2-7-21-44)58-33-17-27-51-50-26-16-25-47(59(50)64-60(51)58)43-36-39-49-48-24-10-11-28-52(48)61(55(49)40-43)53-29-12-14-31-56(53)63(45-22-8-3-9-23-45)57-32-15-13-30-54(57)61;1-4-18-38(19-5-1)56(39-20-6-2-7-21-39)52-33-17-27-45-44-26-16-25-41(53(44)58-54(45)52)37-34-35-43-42-24-10-11-28-46(42)55(49(43)36-37)47-29-12-14-31-50(47)57(40-22-8-3-9-23-40)51-32-15-13-30-48(51)55/h1-40H;1-36H. The number of para-hydroxylation sites is 13. The second kappa shape index (κ2) is 28.4. The lowest BCUT2D eigenvalue weighted by molar-refractivity contribution is 0.670. The zero-order valence-corrected chi connectivity index (χ0v) is 66.5. The molecular weight excluding hydrogens is 1480 g/mol. The van der Waals surface area contributed by atoms with Crippen LogP contribution in [0.1, 0.15) is 44.5 Å². The Morgan fingerprint density at radius 3 is 0.828 bits per heavy atom. The fourth-order valence-electron chi connectivity index (χ4n) is 20.7. The second-order valence-electron chi connectivity index (χ2n) is 32.0. The lowest BCUT2D eigenvalue weighted by Gasteiger charge is -2.45. The van der Waals surface area contributed by atoms with E-state index in [-0.39, 0.29) is 0 Å². The van der Waals surface area contributed by atoms with E-state index in [2.05, 4.69) is 481 Å². The second-order valence-corrected chi connectivity index (χ2v) is 32.0. The van der Waals surface area contributed by atoms with Gasteiger partial charge in [0.05, 0.1) is 45.0 Å². The number of hydrogen-bond acceptors (Lipinski definition) is 6. The van der Waals surface area contributed by atoms with E-state index in [9.17, 15) is 0 Å². The van der Waals surface area contributed by atoms with Crippen molar-refractivity contribution in [1.29, 1.82) is 0 Å². The predicted octanol–water partition coefficient (Wildman–Crippen LogP) is 31.4. The topological polar surface area (TPSA) is 39.2 Å². The molecule has 2 spiro atoms. The van der Waals surface area contributed by atoms with E-state index in [4.69, 9.17) is 8.83 Å². The Labute approximate surface area is 707 Å². The molecule has 0 amide bonds. The van der Waals surface area contributed by atoms with Gasteiger partial charge in [-0.05, 0) is 210 Å². The summed E-state index contributed by atoms with van der Waals surface area (Å²) in [6.45, 7) is 0. The molecule has 2 aromatic heterocycles. The number of furan rings is 2. The van der Waals surface area contributed by atoms with E-state index in [1.807, 2.05) is 0 Å². The highest BCUT2D eigenvalue weighted by Crippen LogP contribution is 2.66. The van der Waals surface area contributed by atoms with E-state index >= 15 is 0 Å². The van der Waals surface area contributed by atoms with Crippen LogP contribution in [-0.2, 0) is 10.8 Å². The monoisotopic (exact) mass is 1560 g/mol. The van der Waals surface area contributed by atoms with E-state index in [1.165, 1.54) is 101 Å². The van der Waals surface area contributed by atoms with Crippen LogP contribution in [0.15, 0.2) is 470 Å². The highest BCUT2D eigenvalue weighted by Gasteiger charge is 2.54. The van der Waals surface area contributed by atoms with E-state index in [0.717, 1.165) is 112 Å². The van der Waals surface area contributed by atoms with Crippen molar-refractivity contribution in [2.45, 2.75) is 10.8 Å². The summed E-state index contributed by atoms with van der Waals surface area (Å²) in [5.41, 5.74) is 37.7. The summed E-state index contributed by atoms with van der Waals surface area (Å²) < 4.78 is 14.4. The van der Waals surface area contributed by atoms with Gasteiger partial charge in [0, 0.05) is 66.8 Å². The van der Waals surface area contributed by atoms with Crippen molar-refractivity contribution >= 4 is 112 Å². The number of benzene rings is 19. The molecule has 0 saturated heterocycles. The Bertz CT molecular complexity index is 7520. The Balaban J connectivity index is 0.000000139. The summed E-state index contributed by atoms with van der Waals surface area (Å²) in [7, 11) is 0. The molecule has 0 fully saturated rings. The molecule has 572 valence electrons. The zero-order valence-electron chi connectivity index (χ0n) is 66.5. The Morgan fingerprint density at radius 2 is 0.451 bits per heavy atom. The summed E-state index contributed by atoms with van der Waals surface area (Å²) in [5, 5.41) is 4.36.